The Kier molecular flexibility index (Phi) is 5.83. The number of hydrogen-bond donors (Lipinski definition) is 2. The van der Waals surface area contributed by atoms with Crippen molar-refractivity contribution in [2.24, 2.45) is 5.92 Å². The molecule has 0 aliphatic carbocycles. The average molecular weight is 262 g/mol. The fourth-order valence-corrected chi connectivity index (χ4v) is 2.87. The minimum atomic E-state index is 0.214. The zero-order valence-electron chi connectivity index (χ0n) is 11.9. The zero-order chi connectivity index (χ0) is 13.5. The molecule has 0 amide bonds. The molecule has 1 fully saturated rings. The van der Waals surface area contributed by atoms with Crippen molar-refractivity contribution in [1.29, 1.82) is 0 Å². The van der Waals surface area contributed by atoms with Crippen LogP contribution in [0.4, 0.5) is 0 Å². The van der Waals surface area contributed by atoms with Crippen LogP contribution in [0, 0.1) is 5.92 Å². The fraction of sp³-hybridized carbons (Fsp3) is 0.625. The SMILES string of the molecule is CNC(CO)CN1CCC(Cc2ccccc2)CC1. The molecule has 3 nitrogen and oxygen atoms in total. The van der Waals surface area contributed by atoms with Crippen molar-refractivity contribution >= 4 is 0 Å². The summed E-state index contributed by atoms with van der Waals surface area (Å²) in [6, 6.07) is 11.0. The molecule has 1 saturated heterocycles. The lowest BCUT2D eigenvalue weighted by molar-refractivity contribution is 0.145. The molecule has 3 heteroatoms. The van der Waals surface area contributed by atoms with Crippen LogP contribution in [0.3, 0.4) is 0 Å². The number of aliphatic hydroxyl groups excluding tert-OH is 1. The van der Waals surface area contributed by atoms with Crippen LogP contribution in [0.25, 0.3) is 0 Å². The Balaban J connectivity index is 1.73. The molecule has 1 heterocycles. The monoisotopic (exact) mass is 262 g/mol. The highest BCUT2D eigenvalue weighted by molar-refractivity contribution is 5.15. The third-order valence-electron chi connectivity index (χ3n) is 4.18. The molecule has 2 N–H and O–H groups in total. The lowest BCUT2D eigenvalue weighted by Gasteiger charge is -2.34. The molecule has 1 atom stereocenters. The maximum absolute atomic E-state index is 9.21. The van der Waals surface area contributed by atoms with Gasteiger partial charge in [0.05, 0.1) is 6.61 Å². The summed E-state index contributed by atoms with van der Waals surface area (Å²) in [4.78, 5) is 2.47. The Morgan fingerprint density at radius 3 is 2.53 bits per heavy atom. The molecular weight excluding hydrogens is 236 g/mol. The number of aliphatic hydroxyl groups is 1. The molecule has 0 saturated carbocycles. The molecule has 0 spiro atoms. The van der Waals surface area contributed by atoms with Gasteiger partial charge in [-0.3, -0.25) is 0 Å². The van der Waals surface area contributed by atoms with E-state index in [1.165, 1.54) is 24.8 Å². The van der Waals surface area contributed by atoms with Crippen LogP contribution in [-0.4, -0.2) is 49.3 Å². The summed E-state index contributed by atoms with van der Waals surface area (Å²) in [7, 11) is 1.92. The minimum Gasteiger partial charge on any atom is -0.395 e. The molecule has 1 aliphatic rings. The lowest BCUT2D eigenvalue weighted by Crippen LogP contribution is -2.45. The quantitative estimate of drug-likeness (QED) is 0.816. The largest absolute Gasteiger partial charge is 0.395 e. The molecular formula is C16H26N2O. The fourth-order valence-electron chi connectivity index (χ4n) is 2.87. The van der Waals surface area contributed by atoms with Crippen molar-refractivity contribution in [3.05, 3.63) is 35.9 Å². The predicted octanol–water partition coefficient (Wildman–Crippen LogP) is 1.52. The van der Waals surface area contributed by atoms with E-state index in [1.807, 2.05) is 7.05 Å². The van der Waals surface area contributed by atoms with Gasteiger partial charge in [-0.05, 0) is 50.9 Å². The number of nitrogens with one attached hydrogen (secondary N) is 1. The zero-order valence-corrected chi connectivity index (χ0v) is 11.9. The Bertz CT molecular complexity index is 343. The molecule has 19 heavy (non-hydrogen) atoms. The van der Waals surface area contributed by atoms with E-state index in [-0.39, 0.29) is 12.6 Å². The van der Waals surface area contributed by atoms with Crippen molar-refractivity contribution in [1.82, 2.24) is 10.2 Å². The Hall–Kier alpha value is -0.900. The topological polar surface area (TPSA) is 35.5 Å². The van der Waals surface area contributed by atoms with E-state index in [9.17, 15) is 5.11 Å². The highest BCUT2D eigenvalue weighted by atomic mass is 16.3. The summed E-state index contributed by atoms with van der Waals surface area (Å²) in [5.74, 6) is 0.820. The standard InChI is InChI=1S/C16H26N2O/c1-17-16(13-19)12-18-9-7-15(8-10-18)11-14-5-3-2-4-6-14/h2-6,15-17,19H,7-13H2,1H3. The van der Waals surface area contributed by atoms with Gasteiger partial charge in [-0.1, -0.05) is 30.3 Å². The van der Waals surface area contributed by atoms with Gasteiger partial charge >= 0.3 is 0 Å². The van der Waals surface area contributed by atoms with E-state index in [4.69, 9.17) is 0 Å². The van der Waals surface area contributed by atoms with E-state index in [0.717, 1.165) is 25.6 Å². The van der Waals surface area contributed by atoms with Gasteiger partial charge in [-0.25, -0.2) is 0 Å². The normalized spacial score (nSPS) is 19.5. The molecule has 0 aromatic heterocycles. The van der Waals surface area contributed by atoms with Crippen molar-refractivity contribution in [3.63, 3.8) is 0 Å². The van der Waals surface area contributed by atoms with Gasteiger partial charge in [0.25, 0.3) is 0 Å². The summed E-state index contributed by atoms with van der Waals surface area (Å²) in [5, 5.41) is 12.4. The first-order valence-electron chi connectivity index (χ1n) is 7.36. The maximum atomic E-state index is 9.21. The van der Waals surface area contributed by atoms with Crippen molar-refractivity contribution in [2.75, 3.05) is 33.3 Å². The van der Waals surface area contributed by atoms with Gasteiger partial charge < -0.3 is 15.3 Å². The molecule has 0 bridgehead atoms. The van der Waals surface area contributed by atoms with Crippen molar-refractivity contribution < 1.29 is 5.11 Å². The summed E-state index contributed by atoms with van der Waals surface area (Å²) < 4.78 is 0. The van der Waals surface area contributed by atoms with E-state index in [2.05, 4.69) is 40.5 Å². The van der Waals surface area contributed by atoms with Gasteiger partial charge in [-0.15, -0.1) is 0 Å². The summed E-state index contributed by atoms with van der Waals surface area (Å²) in [5.41, 5.74) is 1.46. The van der Waals surface area contributed by atoms with E-state index in [0.29, 0.717) is 0 Å². The minimum absolute atomic E-state index is 0.214. The van der Waals surface area contributed by atoms with Gasteiger partial charge in [-0.2, -0.15) is 0 Å². The highest BCUT2D eigenvalue weighted by Crippen LogP contribution is 2.21. The van der Waals surface area contributed by atoms with Gasteiger partial charge in [0.2, 0.25) is 0 Å². The van der Waals surface area contributed by atoms with Gasteiger partial charge in [0.1, 0.15) is 0 Å². The number of rotatable bonds is 6. The number of hydrogen-bond acceptors (Lipinski definition) is 3. The van der Waals surface area contributed by atoms with Crippen molar-refractivity contribution in [2.45, 2.75) is 25.3 Å². The Labute approximate surface area is 116 Å². The van der Waals surface area contributed by atoms with Crippen LogP contribution >= 0.6 is 0 Å². The van der Waals surface area contributed by atoms with Crippen LogP contribution in [0.1, 0.15) is 18.4 Å². The first kappa shape index (κ1) is 14.5. The summed E-state index contributed by atoms with van der Waals surface area (Å²) in [6.45, 7) is 3.51. The Morgan fingerprint density at radius 2 is 1.95 bits per heavy atom. The van der Waals surface area contributed by atoms with Crippen LogP contribution in [0.15, 0.2) is 30.3 Å². The third kappa shape index (κ3) is 4.60. The number of benzene rings is 1. The van der Waals surface area contributed by atoms with Gasteiger partial charge in [0, 0.05) is 12.6 Å². The smallest absolute Gasteiger partial charge is 0.0597 e. The van der Waals surface area contributed by atoms with Crippen LogP contribution in [0.5, 0.6) is 0 Å². The van der Waals surface area contributed by atoms with E-state index < -0.39 is 0 Å². The number of piperidine rings is 1. The van der Waals surface area contributed by atoms with Gasteiger partial charge in [0.15, 0.2) is 0 Å². The van der Waals surface area contributed by atoms with Crippen molar-refractivity contribution in [3.8, 4) is 0 Å². The Morgan fingerprint density at radius 1 is 1.26 bits per heavy atom. The predicted molar refractivity (Wildman–Crippen MR) is 79.2 cm³/mol. The second-order valence-corrected chi connectivity index (χ2v) is 5.60. The van der Waals surface area contributed by atoms with Crippen LogP contribution in [0.2, 0.25) is 0 Å². The lowest BCUT2D eigenvalue weighted by atomic mass is 9.90. The average Bonchev–Trinajstić information content (AvgIpc) is 2.47. The third-order valence-corrected chi connectivity index (χ3v) is 4.18. The van der Waals surface area contributed by atoms with Crippen LogP contribution < -0.4 is 5.32 Å². The first-order chi connectivity index (χ1) is 9.31. The summed E-state index contributed by atoms with van der Waals surface area (Å²) in [6.07, 6.45) is 3.76. The van der Waals surface area contributed by atoms with E-state index in [1.54, 1.807) is 0 Å². The highest BCUT2D eigenvalue weighted by Gasteiger charge is 2.21. The number of nitrogens with zero attached hydrogens (tertiary/aromatic N) is 1. The molecule has 1 aromatic carbocycles. The number of likely N-dealkylation sites (tertiary alicyclic amines) is 1. The molecule has 1 unspecified atom stereocenters. The first-order valence-corrected chi connectivity index (χ1v) is 7.36. The molecule has 1 aromatic rings. The molecule has 106 valence electrons. The second kappa shape index (κ2) is 7.63. The number of likely N-dealkylation sites (N-methyl/N-ethyl adjacent to an activating group) is 1. The second-order valence-electron chi connectivity index (χ2n) is 5.60. The molecule has 2 rings (SSSR count). The van der Waals surface area contributed by atoms with E-state index >= 15 is 0 Å². The molecule has 0 radical (unpaired) electrons. The van der Waals surface area contributed by atoms with Crippen LogP contribution in [-0.2, 0) is 6.42 Å². The maximum Gasteiger partial charge on any atom is 0.0597 e. The summed E-state index contributed by atoms with van der Waals surface area (Å²) >= 11 is 0. The molecule has 1 aliphatic heterocycles.